The van der Waals surface area contributed by atoms with E-state index in [9.17, 15) is 14.9 Å². The fourth-order valence-corrected chi connectivity index (χ4v) is 0.932. The van der Waals surface area contributed by atoms with E-state index >= 15 is 0 Å². The Labute approximate surface area is 83.6 Å². The van der Waals surface area contributed by atoms with Gasteiger partial charge >= 0.3 is 5.97 Å². The minimum Gasteiger partial charge on any atom is -0.480 e. The van der Waals surface area contributed by atoms with Crippen LogP contribution in [0.2, 0.25) is 0 Å². The number of rotatable bonds is 5. The highest BCUT2D eigenvalue weighted by Gasteiger charge is 2.22. The van der Waals surface area contributed by atoms with Gasteiger partial charge in [-0.1, -0.05) is 0 Å². The van der Waals surface area contributed by atoms with Crippen molar-refractivity contribution < 1.29 is 20.4 Å². The zero-order chi connectivity index (χ0) is 10.6. The van der Waals surface area contributed by atoms with Crippen LogP contribution in [-0.2, 0) is 11.2 Å². The number of nitrogens with zero attached hydrogens (tertiary/aromatic N) is 2. The summed E-state index contributed by atoms with van der Waals surface area (Å²) in [6, 6.07) is -1.26. The second-order valence-electron chi connectivity index (χ2n) is 2.56. The fraction of sp³-hybridized carbons (Fsp3) is 0.333. The van der Waals surface area contributed by atoms with Crippen molar-refractivity contribution in [3.63, 3.8) is 0 Å². The van der Waals surface area contributed by atoms with E-state index in [4.69, 9.17) is 5.11 Å². The van der Waals surface area contributed by atoms with Crippen molar-refractivity contribution in [2.45, 2.75) is 12.5 Å². The molecule has 0 aliphatic carbocycles. The number of hydrazine groups is 1. The molecule has 0 aliphatic heterocycles. The summed E-state index contributed by atoms with van der Waals surface area (Å²) < 4.78 is 0. The Morgan fingerprint density at radius 3 is 2.87 bits per heavy atom. The van der Waals surface area contributed by atoms with Crippen LogP contribution in [0, 0.1) is 10.1 Å². The van der Waals surface area contributed by atoms with Crippen LogP contribution in [0.25, 0.3) is 0 Å². The highest BCUT2D eigenvalue weighted by molar-refractivity contribution is 5.73. The van der Waals surface area contributed by atoms with Gasteiger partial charge in [-0.2, -0.15) is 0 Å². The fourth-order valence-electron chi connectivity index (χ4n) is 0.932. The molecule has 0 fully saturated rings. The maximum absolute atomic E-state index is 10.6. The predicted octanol–water partition coefficient (Wildman–Crippen LogP) is -1.64. The van der Waals surface area contributed by atoms with Crippen molar-refractivity contribution in [3.8, 4) is 0 Å². The van der Waals surface area contributed by atoms with Gasteiger partial charge in [0.2, 0.25) is 0 Å². The first-order valence-corrected chi connectivity index (χ1v) is 3.70. The lowest BCUT2D eigenvalue weighted by Crippen LogP contribution is -2.41. The molecule has 9 nitrogen and oxygen atoms in total. The van der Waals surface area contributed by atoms with E-state index in [1.165, 1.54) is 12.5 Å². The summed E-state index contributed by atoms with van der Waals surface area (Å²) in [6.45, 7) is 0. The molecule has 0 unspecified atom stereocenters. The Bertz CT molecular complexity index is 324. The molecular formula is C6H10N4O5. The first-order valence-electron chi connectivity index (χ1n) is 3.70. The van der Waals surface area contributed by atoms with Crippen LogP contribution < -0.4 is 5.43 Å². The summed E-state index contributed by atoms with van der Waals surface area (Å²) in [5.74, 6) is -1.28. The van der Waals surface area contributed by atoms with Gasteiger partial charge < -0.3 is 15.6 Å². The number of nitrogens with one attached hydrogen (secondary N) is 2. The minimum atomic E-state index is -1.28. The van der Waals surface area contributed by atoms with Crippen molar-refractivity contribution in [1.29, 1.82) is 0 Å². The first-order chi connectivity index (χ1) is 6.59. The molecule has 0 saturated heterocycles. The summed E-state index contributed by atoms with van der Waals surface area (Å²) in [5, 5.41) is 17.8. The van der Waals surface area contributed by atoms with Crippen molar-refractivity contribution in [2.75, 3.05) is 0 Å². The average Bonchev–Trinajstić information content (AvgIpc) is 2.54. The van der Waals surface area contributed by atoms with Gasteiger partial charge in [0.05, 0.1) is 6.33 Å². The van der Waals surface area contributed by atoms with Gasteiger partial charge in [0.1, 0.15) is 0 Å². The number of nitro groups is 1. The Morgan fingerprint density at radius 2 is 2.47 bits per heavy atom. The third-order valence-corrected chi connectivity index (χ3v) is 1.54. The van der Waals surface area contributed by atoms with Crippen molar-refractivity contribution in [3.05, 3.63) is 28.3 Å². The Kier molecular flexibility index (Phi) is 4.75. The maximum Gasteiger partial charge on any atom is 0.332 e. The lowest BCUT2D eigenvalue weighted by Gasteiger charge is -2.06. The van der Waals surface area contributed by atoms with Crippen molar-refractivity contribution >= 4 is 5.97 Å². The monoisotopic (exact) mass is 218 g/mol. The third kappa shape index (κ3) is 4.04. The standard InChI is InChI=1S/C6H8N4O4.H2O/c11-6(12)5(9-10(13)14)1-4-2-7-3-8-4;/h2-3,5,9H,1H2,(H,7,8)(H,11,12);1H2/t5-;/m0./s1. The number of carboxylic acid groups (broad SMARTS) is 1. The van der Waals surface area contributed by atoms with E-state index < -0.39 is 17.0 Å². The van der Waals surface area contributed by atoms with Crippen molar-refractivity contribution in [2.24, 2.45) is 0 Å². The molecule has 0 aromatic carbocycles. The quantitative estimate of drug-likeness (QED) is 0.398. The van der Waals surface area contributed by atoms with E-state index in [0.717, 1.165) is 0 Å². The smallest absolute Gasteiger partial charge is 0.332 e. The molecule has 1 aromatic rings. The molecule has 0 saturated carbocycles. The molecule has 9 heteroatoms. The summed E-state index contributed by atoms with van der Waals surface area (Å²) in [7, 11) is 0. The molecule has 5 N–H and O–H groups in total. The zero-order valence-electron chi connectivity index (χ0n) is 7.51. The second kappa shape index (κ2) is 5.54. The minimum absolute atomic E-state index is 0. The summed E-state index contributed by atoms with van der Waals surface area (Å²) in [4.78, 5) is 26.9. The molecule has 0 bridgehead atoms. The molecule has 0 spiro atoms. The molecule has 1 rings (SSSR count). The van der Waals surface area contributed by atoms with Crippen LogP contribution in [0.1, 0.15) is 5.69 Å². The number of carboxylic acids is 1. The molecule has 0 aliphatic rings. The largest absolute Gasteiger partial charge is 0.480 e. The molecule has 0 amide bonds. The molecular weight excluding hydrogens is 208 g/mol. The first kappa shape index (κ1) is 12.8. The van der Waals surface area contributed by atoms with Crippen LogP contribution in [0.4, 0.5) is 0 Å². The number of aliphatic carboxylic acids is 1. The third-order valence-electron chi connectivity index (χ3n) is 1.54. The van der Waals surface area contributed by atoms with Gasteiger partial charge in [0, 0.05) is 18.3 Å². The number of aromatic amines is 1. The Balaban J connectivity index is 0.00000196. The van der Waals surface area contributed by atoms with Crippen LogP contribution in [0.5, 0.6) is 0 Å². The number of aromatic nitrogens is 2. The van der Waals surface area contributed by atoms with Gasteiger partial charge in [0.25, 0.3) is 0 Å². The predicted molar refractivity (Wildman–Crippen MR) is 47.5 cm³/mol. The van der Waals surface area contributed by atoms with Gasteiger partial charge in [0.15, 0.2) is 11.1 Å². The molecule has 0 radical (unpaired) electrons. The van der Waals surface area contributed by atoms with Gasteiger partial charge in [-0.3, -0.25) is 0 Å². The van der Waals surface area contributed by atoms with Gasteiger partial charge in [-0.25, -0.2) is 19.9 Å². The summed E-state index contributed by atoms with van der Waals surface area (Å²) in [5.41, 5.74) is 2.21. The number of carbonyl (C=O) groups is 1. The SMILES string of the molecule is O.O=C(O)[C@H](Cc1cnc[nH]1)N[N+](=O)[O-]. The van der Waals surface area contributed by atoms with Crippen LogP contribution in [0.15, 0.2) is 12.5 Å². The summed E-state index contributed by atoms with van der Waals surface area (Å²) >= 11 is 0. The molecule has 84 valence electrons. The van der Waals surface area contributed by atoms with Crippen molar-refractivity contribution in [1.82, 2.24) is 15.4 Å². The average molecular weight is 218 g/mol. The molecule has 1 atom stereocenters. The van der Waals surface area contributed by atoms with E-state index in [-0.39, 0.29) is 11.9 Å². The highest BCUT2D eigenvalue weighted by Crippen LogP contribution is 1.98. The zero-order valence-corrected chi connectivity index (χ0v) is 7.51. The molecule has 15 heavy (non-hydrogen) atoms. The highest BCUT2D eigenvalue weighted by atomic mass is 16.7. The van der Waals surface area contributed by atoms with E-state index in [0.29, 0.717) is 5.69 Å². The summed E-state index contributed by atoms with van der Waals surface area (Å²) in [6.07, 6.45) is 2.77. The Hall–Kier alpha value is -2.16. The number of hydrogen-bond acceptors (Lipinski definition) is 4. The van der Waals surface area contributed by atoms with Crippen LogP contribution in [0.3, 0.4) is 0 Å². The Morgan fingerprint density at radius 1 is 1.80 bits per heavy atom. The van der Waals surface area contributed by atoms with Crippen LogP contribution >= 0.6 is 0 Å². The number of imidazole rings is 1. The lowest BCUT2D eigenvalue weighted by molar-refractivity contribution is -0.548. The van der Waals surface area contributed by atoms with E-state index in [2.05, 4.69) is 9.97 Å². The molecule has 1 aromatic heterocycles. The lowest BCUT2D eigenvalue weighted by atomic mass is 10.2. The normalized spacial score (nSPS) is 11.2. The van der Waals surface area contributed by atoms with E-state index in [1.54, 1.807) is 5.43 Å². The van der Waals surface area contributed by atoms with E-state index in [1.807, 2.05) is 0 Å². The maximum atomic E-state index is 10.6. The number of H-pyrrole nitrogens is 1. The number of hydrogen-bond donors (Lipinski definition) is 3. The van der Waals surface area contributed by atoms with Gasteiger partial charge in [-0.15, -0.1) is 5.43 Å². The van der Waals surface area contributed by atoms with Crippen LogP contribution in [-0.4, -0.2) is 37.6 Å². The molecule has 1 heterocycles. The van der Waals surface area contributed by atoms with Gasteiger partial charge in [-0.05, 0) is 0 Å². The topological polar surface area (TPSA) is 153 Å². The second-order valence-corrected chi connectivity index (χ2v) is 2.56.